The fourth-order valence-electron chi connectivity index (χ4n) is 3.61. The van der Waals surface area contributed by atoms with Crippen LogP contribution in [0.15, 0.2) is 53.4 Å². The molecule has 1 saturated heterocycles. The molecule has 0 atom stereocenters. The molecular formula is C23H32N4O3S. The van der Waals surface area contributed by atoms with Crippen molar-refractivity contribution in [3.63, 3.8) is 0 Å². The number of aryl methyl sites for hydroxylation is 1. The molecule has 168 valence electrons. The number of anilines is 1. The lowest BCUT2D eigenvalue weighted by molar-refractivity contribution is 0.0948. The molecule has 1 amide bonds. The Balaban J connectivity index is 1.47. The summed E-state index contributed by atoms with van der Waals surface area (Å²) in [7, 11) is -3.71. The highest BCUT2D eigenvalue weighted by molar-refractivity contribution is 7.92. The highest BCUT2D eigenvalue weighted by atomic mass is 32.2. The van der Waals surface area contributed by atoms with Crippen molar-refractivity contribution in [3.8, 4) is 0 Å². The van der Waals surface area contributed by atoms with Crippen LogP contribution in [0.25, 0.3) is 0 Å². The van der Waals surface area contributed by atoms with Crippen molar-refractivity contribution >= 4 is 21.6 Å². The minimum absolute atomic E-state index is 0.124. The Morgan fingerprint density at radius 3 is 2.26 bits per heavy atom. The minimum atomic E-state index is -3.71. The number of nitrogens with zero attached hydrogens (tertiary/aromatic N) is 2. The summed E-state index contributed by atoms with van der Waals surface area (Å²) < 4.78 is 27.8. The molecule has 0 spiro atoms. The molecule has 7 nitrogen and oxygen atoms in total. The van der Waals surface area contributed by atoms with Crippen molar-refractivity contribution in [2.45, 2.75) is 25.2 Å². The Morgan fingerprint density at radius 2 is 1.61 bits per heavy atom. The topological polar surface area (TPSA) is 81.8 Å². The van der Waals surface area contributed by atoms with Crippen LogP contribution in [0.2, 0.25) is 0 Å². The molecule has 0 aliphatic carbocycles. The zero-order valence-electron chi connectivity index (χ0n) is 18.3. The van der Waals surface area contributed by atoms with Gasteiger partial charge >= 0.3 is 0 Å². The SMILES string of the molecule is CCN1CCN(CCCNC(=O)c2ccc(S(=O)(=O)Nc3ccccc3C)cc2)CC1. The first-order valence-corrected chi connectivity index (χ1v) is 12.3. The van der Waals surface area contributed by atoms with Crippen LogP contribution < -0.4 is 10.0 Å². The summed E-state index contributed by atoms with van der Waals surface area (Å²) in [5.74, 6) is -0.188. The molecule has 0 radical (unpaired) electrons. The summed E-state index contributed by atoms with van der Waals surface area (Å²) in [6.07, 6.45) is 0.894. The number of hydrogen-bond acceptors (Lipinski definition) is 5. The molecule has 1 fully saturated rings. The monoisotopic (exact) mass is 444 g/mol. The molecule has 2 aromatic rings. The van der Waals surface area contributed by atoms with Crippen molar-refractivity contribution in [1.82, 2.24) is 15.1 Å². The first kappa shape index (κ1) is 23.2. The normalized spacial score (nSPS) is 15.5. The Kier molecular flexibility index (Phi) is 8.06. The van der Waals surface area contributed by atoms with Crippen LogP contribution in [0, 0.1) is 6.92 Å². The summed E-state index contributed by atoms with van der Waals surface area (Å²) in [5, 5.41) is 2.92. The number of carbonyl (C=O) groups excluding carboxylic acids is 1. The molecule has 31 heavy (non-hydrogen) atoms. The van der Waals surface area contributed by atoms with Gasteiger partial charge in [0.15, 0.2) is 0 Å². The second-order valence-corrected chi connectivity index (χ2v) is 9.51. The zero-order valence-corrected chi connectivity index (χ0v) is 19.1. The van der Waals surface area contributed by atoms with E-state index in [4.69, 9.17) is 0 Å². The average Bonchev–Trinajstić information content (AvgIpc) is 2.78. The maximum Gasteiger partial charge on any atom is 0.261 e. The first-order valence-electron chi connectivity index (χ1n) is 10.8. The van der Waals surface area contributed by atoms with Gasteiger partial charge in [0.1, 0.15) is 0 Å². The van der Waals surface area contributed by atoms with E-state index in [1.54, 1.807) is 24.3 Å². The molecule has 0 saturated carbocycles. The van der Waals surface area contributed by atoms with Crippen LogP contribution >= 0.6 is 0 Å². The Morgan fingerprint density at radius 1 is 0.968 bits per heavy atom. The predicted octanol–water partition coefficient (Wildman–Crippen LogP) is 2.55. The van der Waals surface area contributed by atoms with Crippen LogP contribution in [0.4, 0.5) is 5.69 Å². The second-order valence-electron chi connectivity index (χ2n) is 7.83. The predicted molar refractivity (Wildman–Crippen MR) is 124 cm³/mol. The van der Waals surface area contributed by atoms with Crippen molar-refractivity contribution in [1.29, 1.82) is 0 Å². The molecule has 1 aliphatic rings. The highest BCUT2D eigenvalue weighted by Crippen LogP contribution is 2.19. The van der Waals surface area contributed by atoms with Gasteiger partial charge in [-0.1, -0.05) is 25.1 Å². The number of rotatable bonds is 9. The quantitative estimate of drug-likeness (QED) is 0.581. The van der Waals surface area contributed by atoms with E-state index in [9.17, 15) is 13.2 Å². The summed E-state index contributed by atoms with van der Waals surface area (Å²) in [6.45, 7) is 11.1. The number of benzene rings is 2. The number of sulfonamides is 1. The molecule has 2 N–H and O–H groups in total. The average molecular weight is 445 g/mol. The van der Waals surface area contributed by atoms with E-state index in [0.29, 0.717) is 17.8 Å². The lowest BCUT2D eigenvalue weighted by atomic mass is 10.2. The minimum Gasteiger partial charge on any atom is -0.352 e. The Labute approximate surface area is 185 Å². The van der Waals surface area contributed by atoms with Crippen LogP contribution in [0.5, 0.6) is 0 Å². The molecule has 8 heteroatoms. The number of para-hydroxylation sites is 1. The van der Waals surface area contributed by atoms with Gasteiger partial charge < -0.3 is 15.1 Å². The smallest absolute Gasteiger partial charge is 0.261 e. The molecule has 0 unspecified atom stereocenters. The summed E-state index contributed by atoms with van der Waals surface area (Å²) in [6, 6.07) is 13.2. The number of hydrogen-bond donors (Lipinski definition) is 2. The molecule has 1 heterocycles. The Hall–Kier alpha value is -2.42. The number of carbonyl (C=O) groups is 1. The van der Waals surface area contributed by atoms with Crippen molar-refractivity contribution in [2.24, 2.45) is 0 Å². The molecular weight excluding hydrogens is 412 g/mol. The molecule has 0 aromatic heterocycles. The lowest BCUT2D eigenvalue weighted by Gasteiger charge is -2.33. The number of likely N-dealkylation sites (N-methyl/N-ethyl adjacent to an activating group) is 1. The third-order valence-electron chi connectivity index (χ3n) is 5.66. The van der Waals surface area contributed by atoms with Gasteiger partial charge in [-0.2, -0.15) is 0 Å². The van der Waals surface area contributed by atoms with Crippen LogP contribution in [-0.2, 0) is 10.0 Å². The Bertz CT molecular complexity index is 969. The van der Waals surface area contributed by atoms with Crippen LogP contribution in [0.1, 0.15) is 29.3 Å². The van der Waals surface area contributed by atoms with E-state index in [-0.39, 0.29) is 10.8 Å². The van der Waals surface area contributed by atoms with Gasteiger partial charge in [-0.25, -0.2) is 8.42 Å². The molecule has 0 bridgehead atoms. The first-order chi connectivity index (χ1) is 14.9. The maximum atomic E-state index is 12.6. The van der Waals surface area contributed by atoms with Crippen molar-refractivity contribution in [2.75, 3.05) is 50.5 Å². The fourth-order valence-corrected chi connectivity index (χ4v) is 4.74. The van der Waals surface area contributed by atoms with Crippen LogP contribution in [0.3, 0.4) is 0 Å². The zero-order chi connectivity index (χ0) is 22.3. The summed E-state index contributed by atoms with van der Waals surface area (Å²) in [4.78, 5) is 17.4. The molecule has 2 aromatic carbocycles. The van der Waals surface area contributed by atoms with Gasteiger partial charge in [0, 0.05) is 38.3 Å². The van der Waals surface area contributed by atoms with E-state index in [0.717, 1.165) is 51.3 Å². The molecule has 3 rings (SSSR count). The number of amides is 1. The van der Waals surface area contributed by atoms with Crippen molar-refractivity contribution < 1.29 is 13.2 Å². The fraction of sp³-hybridized carbons (Fsp3) is 0.435. The number of nitrogens with one attached hydrogen (secondary N) is 2. The largest absolute Gasteiger partial charge is 0.352 e. The van der Waals surface area contributed by atoms with Gasteiger partial charge in [0.25, 0.3) is 15.9 Å². The van der Waals surface area contributed by atoms with E-state index in [1.807, 2.05) is 19.1 Å². The van der Waals surface area contributed by atoms with Crippen molar-refractivity contribution in [3.05, 3.63) is 59.7 Å². The lowest BCUT2D eigenvalue weighted by Crippen LogP contribution is -2.46. The van der Waals surface area contributed by atoms with Gasteiger partial charge in [-0.05, 0) is 62.3 Å². The third-order valence-corrected chi connectivity index (χ3v) is 7.05. The summed E-state index contributed by atoms with van der Waals surface area (Å²) in [5.41, 5.74) is 1.83. The van der Waals surface area contributed by atoms with Gasteiger partial charge in [-0.15, -0.1) is 0 Å². The number of piperazine rings is 1. The summed E-state index contributed by atoms with van der Waals surface area (Å²) >= 11 is 0. The molecule has 1 aliphatic heterocycles. The second kappa shape index (κ2) is 10.7. The van der Waals surface area contributed by atoms with Crippen LogP contribution in [-0.4, -0.2) is 69.9 Å². The van der Waals surface area contributed by atoms with E-state index < -0.39 is 10.0 Å². The maximum absolute atomic E-state index is 12.6. The standard InChI is InChI=1S/C23H32N4O3S/c1-3-26-15-17-27(18-16-26)14-6-13-24-23(28)20-9-11-21(12-10-20)31(29,30)25-22-8-5-4-7-19(22)2/h4-5,7-12,25H,3,6,13-18H2,1-2H3,(H,24,28). The van der Waals surface area contributed by atoms with E-state index >= 15 is 0 Å². The van der Waals surface area contributed by atoms with Gasteiger partial charge in [-0.3, -0.25) is 9.52 Å². The highest BCUT2D eigenvalue weighted by Gasteiger charge is 2.17. The van der Waals surface area contributed by atoms with E-state index in [1.165, 1.54) is 12.1 Å². The third kappa shape index (κ3) is 6.53. The van der Waals surface area contributed by atoms with Gasteiger partial charge in [0.2, 0.25) is 0 Å². The van der Waals surface area contributed by atoms with E-state index in [2.05, 4.69) is 26.8 Å². The van der Waals surface area contributed by atoms with Gasteiger partial charge in [0.05, 0.1) is 10.6 Å².